The van der Waals surface area contributed by atoms with E-state index in [0.717, 1.165) is 15.6 Å². The van der Waals surface area contributed by atoms with Crippen molar-refractivity contribution in [1.29, 1.82) is 0 Å². The molecule has 36 heavy (non-hydrogen) atoms. The minimum Gasteiger partial charge on any atom is -0.366 e. The number of benzene rings is 1. The van der Waals surface area contributed by atoms with Crippen molar-refractivity contribution < 1.29 is 14.0 Å². The predicted octanol–water partition coefficient (Wildman–Crippen LogP) is 5.65. The number of amides is 2. The van der Waals surface area contributed by atoms with E-state index in [2.05, 4.69) is 10.3 Å². The lowest BCUT2D eigenvalue weighted by atomic mass is 9.86. The van der Waals surface area contributed by atoms with Crippen molar-refractivity contribution in [2.75, 3.05) is 0 Å². The first-order chi connectivity index (χ1) is 17.1. The maximum atomic E-state index is 13.5. The van der Waals surface area contributed by atoms with Crippen LogP contribution in [0.1, 0.15) is 58.4 Å². The molecule has 2 amide bonds. The molecular weight excluding hydrogens is 499 g/mol. The summed E-state index contributed by atoms with van der Waals surface area (Å²) >= 11 is 7.70. The van der Waals surface area contributed by atoms with Gasteiger partial charge in [-0.25, -0.2) is 9.37 Å². The number of nitrogens with one attached hydrogen (secondary N) is 1. The summed E-state index contributed by atoms with van der Waals surface area (Å²) in [4.78, 5) is 36.1. The molecule has 3 aromatic heterocycles. The van der Waals surface area contributed by atoms with Gasteiger partial charge in [0.2, 0.25) is 0 Å². The van der Waals surface area contributed by atoms with Gasteiger partial charge in [-0.05, 0) is 54.5 Å². The highest BCUT2D eigenvalue weighted by molar-refractivity contribution is 7.22. The molecule has 0 bridgehead atoms. The lowest BCUT2D eigenvalue weighted by Crippen LogP contribution is -2.39. The lowest BCUT2D eigenvalue weighted by Gasteiger charge is -2.26. The molecule has 5 rings (SSSR count). The number of rotatable bonds is 6. The van der Waals surface area contributed by atoms with E-state index in [9.17, 15) is 14.0 Å². The first-order valence-corrected chi connectivity index (χ1v) is 12.8. The van der Waals surface area contributed by atoms with Crippen LogP contribution in [0.5, 0.6) is 0 Å². The molecule has 0 unspecified atom stereocenters. The van der Waals surface area contributed by atoms with Crippen molar-refractivity contribution in [1.82, 2.24) is 15.3 Å². The van der Waals surface area contributed by atoms with Gasteiger partial charge in [0.1, 0.15) is 11.0 Å². The number of thiophene rings is 1. The second kappa shape index (κ2) is 8.94. The Morgan fingerprint density at radius 3 is 2.58 bits per heavy atom. The summed E-state index contributed by atoms with van der Waals surface area (Å²) in [5.74, 6) is -1.12. The molecule has 0 saturated heterocycles. The summed E-state index contributed by atoms with van der Waals surface area (Å²) < 4.78 is 14.3. The van der Waals surface area contributed by atoms with Crippen LogP contribution in [-0.2, 0) is 18.4 Å². The summed E-state index contributed by atoms with van der Waals surface area (Å²) in [6, 6.07) is 9.91. The van der Waals surface area contributed by atoms with Crippen LogP contribution in [-0.4, -0.2) is 21.8 Å². The number of halogens is 2. The van der Waals surface area contributed by atoms with Gasteiger partial charge < -0.3 is 11.1 Å². The Hall–Kier alpha value is -3.36. The molecule has 1 atom stereocenters. The summed E-state index contributed by atoms with van der Waals surface area (Å²) in [6.45, 7) is 5.96. The molecule has 3 N–H and O–H groups in total. The van der Waals surface area contributed by atoms with E-state index in [1.165, 1.54) is 23.5 Å². The Bertz CT molecular complexity index is 1530. The number of primary amides is 1. The number of hydrogen-bond acceptors (Lipinski definition) is 5. The smallest absolute Gasteiger partial charge is 0.254 e. The van der Waals surface area contributed by atoms with E-state index >= 15 is 0 Å². The third-order valence-corrected chi connectivity index (χ3v) is 7.94. The van der Waals surface area contributed by atoms with Gasteiger partial charge in [-0.1, -0.05) is 37.6 Å². The zero-order valence-electron chi connectivity index (χ0n) is 20.0. The van der Waals surface area contributed by atoms with Crippen molar-refractivity contribution in [3.8, 4) is 10.4 Å². The largest absolute Gasteiger partial charge is 0.366 e. The number of nitrogens with two attached hydrogens (primary N) is 1. The van der Waals surface area contributed by atoms with Gasteiger partial charge in [-0.15, -0.1) is 11.3 Å². The summed E-state index contributed by atoms with van der Waals surface area (Å²) in [5.41, 5.74) is 8.05. The van der Waals surface area contributed by atoms with Crippen LogP contribution in [0, 0.1) is 11.7 Å². The van der Waals surface area contributed by atoms with Crippen molar-refractivity contribution in [2.24, 2.45) is 11.7 Å². The molecule has 1 aliphatic heterocycles. The third kappa shape index (κ3) is 4.14. The highest BCUT2D eigenvalue weighted by Crippen LogP contribution is 2.45. The maximum absolute atomic E-state index is 13.5. The maximum Gasteiger partial charge on any atom is 0.254 e. The molecule has 1 aromatic carbocycles. The van der Waals surface area contributed by atoms with Crippen molar-refractivity contribution >= 4 is 44.8 Å². The minimum atomic E-state index is -0.864. The van der Waals surface area contributed by atoms with Crippen molar-refractivity contribution in [3.05, 3.63) is 81.6 Å². The highest BCUT2D eigenvalue weighted by Gasteiger charge is 2.44. The number of carbonyl (C=O) groups is 2. The number of fused-ring (bicyclic) bond motifs is 2. The molecule has 0 fully saturated rings. The Kier molecular flexibility index (Phi) is 6.04. The first kappa shape index (κ1) is 24.3. The Morgan fingerprint density at radius 2 is 1.94 bits per heavy atom. The molecular formula is C27H24ClFN4O2S. The van der Waals surface area contributed by atoms with Gasteiger partial charge in [0.05, 0.1) is 32.8 Å². The topological polar surface area (TPSA) is 98.0 Å². The standard InChI is InChI=1S/C27H24ClFN4O2S/c1-13(2)10-17-19(25(30)34)20(18-11-15-8-9-31-24(28)22(15)36-18)21-23(32-17)27(3,33-26(21)35)12-14-4-6-16(29)7-5-14/h4-9,11,13H,10,12H2,1-3H3,(H2,30,34)(H,33,35)/t27-/m0/s1. The van der Waals surface area contributed by atoms with E-state index in [0.29, 0.717) is 45.4 Å². The van der Waals surface area contributed by atoms with E-state index < -0.39 is 11.4 Å². The number of pyridine rings is 2. The molecule has 0 saturated carbocycles. The second-order valence-electron chi connectivity index (χ2n) is 9.71. The van der Waals surface area contributed by atoms with Crippen LogP contribution in [0.25, 0.3) is 20.5 Å². The van der Waals surface area contributed by atoms with Crippen LogP contribution in [0.4, 0.5) is 4.39 Å². The summed E-state index contributed by atoms with van der Waals surface area (Å²) in [5, 5.41) is 4.29. The number of aromatic nitrogens is 2. The molecule has 6 nitrogen and oxygen atoms in total. The van der Waals surface area contributed by atoms with Gasteiger partial charge in [0.15, 0.2) is 0 Å². The third-order valence-electron chi connectivity index (χ3n) is 6.37. The van der Waals surface area contributed by atoms with Gasteiger partial charge in [-0.3, -0.25) is 14.6 Å². The first-order valence-electron chi connectivity index (χ1n) is 11.6. The fourth-order valence-electron chi connectivity index (χ4n) is 4.87. The Labute approximate surface area is 216 Å². The quantitative estimate of drug-likeness (QED) is 0.320. The minimum absolute atomic E-state index is 0.191. The summed E-state index contributed by atoms with van der Waals surface area (Å²) in [6.07, 6.45) is 2.52. The zero-order chi connectivity index (χ0) is 25.8. The molecule has 4 heterocycles. The van der Waals surface area contributed by atoms with Crippen LogP contribution in [0.15, 0.2) is 42.6 Å². The lowest BCUT2D eigenvalue weighted by molar-refractivity contribution is 0.0935. The molecule has 0 aliphatic carbocycles. The SMILES string of the molecule is CC(C)Cc1nc2c(c(-c3cc4ccnc(Cl)c4s3)c1C(N)=O)C(=O)N[C@@]2(C)Cc1ccc(F)cc1. The van der Waals surface area contributed by atoms with E-state index in [-0.39, 0.29) is 23.2 Å². The van der Waals surface area contributed by atoms with Gasteiger partial charge in [0.25, 0.3) is 11.8 Å². The van der Waals surface area contributed by atoms with E-state index in [4.69, 9.17) is 22.3 Å². The van der Waals surface area contributed by atoms with Gasteiger partial charge in [-0.2, -0.15) is 0 Å². The van der Waals surface area contributed by atoms with E-state index in [1.54, 1.807) is 18.3 Å². The molecule has 0 spiro atoms. The fraction of sp³-hybridized carbons (Fsp3) is 0.259. The Morgan fingerprint density at radius 1 is 1.22 bits per heavy atom. The van der Waals surface area contributed by atoms with E-state index in [1.807, 2.05) is 32.9 Å². The van der Waals surface area contributed by atoms with Crippen LogP contribution < -0.4 is 11.1 Å². The molecule has 0 radical (unpaired) electrons. The van der Waals surface area contributed by atoms with Crippen molar-refractivity contribution in [3.63, 3.8) is 0 Å². The normalized spacial score (nSPS) is 17.0. The summed E-state index contributed by atoms with van der Waals surface area (Å²) in [7, 11) is 0. The fourth-order valence-corrected chi connectivity index (χ4v) is 6.24. The molecule has 184 valence electrons. The van der Waals surface area contributed by atoms with Gasteiger partial charge >= 0.3 is 0 Å². The second-order valence-corrected chi connectivity index (χ2v) is 11.1. The Balaban J connectivity index is 1.79. The molecule has 4 aromatic rings. The van der Waals surface area contributed by atoms with Crippen molar-refractivity contribution in [2.45, 2.75) is 39.2 Å². The number of carbonyl (C=O) groups excluding carboxylic acids is 2. The van der Waals surface area contributed by atoms with Crippen LogP contribution in [0.3, 0.4) is 0 Å². The van der Waals surface area contributed by atoms with Gasteiger partial charge in [0, 0.05) is 23.1 Å². The highest BCUT2D eigenvalue weighted by atomic mass is 35.5. The monoisotopic (exact) mass is 522 g/mol. The van der Waals surface area contributed by atoms with Crippen LogP contribution in [0.2, 0.25) is 5.15 Å². The molecule has 1 aliphatic rings. The van der Waals surface area contributed by atoms with Crippen LogP contribution >= 0.6 is 22.9 Å². The number of hydrogen-bond donors (Lipinski definition) is 2. The zero-order valence-corrected chi connectivity index (χ0v) is 21.6. The average Bonchev–Trinajstić information content (AvgIpc) is 3.34. The average molecular weight is 523 g/mol. The number of nitrogens with zero attached hydrogens (tertiary/aromatic N) is 2. The predicted molar refractivity (Wildman–Crippen MR) is 140 cm³/mol. The molecule has 9 heteroatoms.